The highest BCUT2D eigenvalue weighted by Gasteiger charge is 2.11. The first kappa shape index (κ1) is 19.0. The molecular weight excluding hydrogens is 356 g/mol. The van der Waals surface area contributed by atoms with Crippen LogP contribution < -0.4 is 15.8 Å². The second-order valence-electron chi connectivity index (χ2n) is 5.21. The average molecular weight is 372 g/mol. The lowest BCUT2D eigenvalue weighted by Crippen LogP contribution is -2.16. The number of benzene rings is 2. The van der Waals surface area contributed by atoms with Gasteiger partial charge >= 0.3 is 0 Å². The van der Waals surface area contributed by atoms with Crippen LogP contribution in [0.4, 0.5) is 5.69 Å². The maximum atomic E-state index is 12.1. The minimum absolute atomic E-state index is 0.00319. The molecule has 0 unspecified atom stereocenters. The minimum Gasteiger partial charge on any atom is -0.506 e. The number of carbonyl (C=O) groups is 1. The number of sulfonamides is 1. The SMILES string of the molecule is N#C/C(=C/NCc1ccc(S(N)(=O)=O)cc1)C(=O)Nc1ccccc1O. The Morgan fingerprint density at radius 2 is 1.85 bits per heavy atom. The largest absolute Gasteiger partial charge is 0.506 e. The molecule has 0 bridgehead atoms. The van der Waals surface area contributed by atoms with Crippen LogP contribution >= 0.6 is 0 Å². The molecule has 5 N–H and O–H groups in total. The standard InChI is InChI=1S/C17H16N4O4S/c18-9-13(17(23)21-15-3-1-2-4-16(15)22)11-20-10-12-5-7-14(8-6-12)26(19,24)25/h1-8,11,20,22H,10H2,(H,21,23)(H2,19,24,25)/b13-11-. The first-order valence-electron chi connectivity index (χ1n) is 7.36. The molecule has 0 atom stereocenters. The number of phenols is 1. The number of nitrogens with two attached hydrogens (primary N) is 1. The van der Waals surface area contributed by atoms with E-state index in [1.54, 1.807) is 30.3 Å². The summed E-state index contributed by atoms with van der Waals surface area (Å²) in [4.78, 5) is 12.1. The molecule has 1 amide bonds. The molecule has 2 aromatic rings. The summed E-state index contributed by atoms with van der Waals surface area (Å²) in [7, 11) is -3.75. The number of rotatable bonds is 6. The Hall–Kier alpha value is -3.35. The van der Waals surface area contributed by atoms with Gasteiger partial charge in [0, 0.05) is 12.7 Å². The van der Waals surface area contributed by atoms with Crippen LogP contribution in [0.2, 0.25) is 0 Å². The predicted octanol–water partition coefficient (Wildman–Crippen LogP) is 1.18. The molecule has 134 valence electrons. The van der Waals surface area contributed by atoms with Crippen molar-refractivity contribution in [2.45, 2.75) is 11.4 Å². The Bertz CT molecular complexity index is 977. The topological polar surface area (TPSA) is 145 Å². The number of nitriles is 1. The van der Waals surface area contributed by atoms with Crippen LogP contribution in [0, 0.1) is 11.3 Å². The highest BCUT2D eigenvalue weighted by Crippen LogP contribution is 2.21. The molecule has 0 fully saturated rings. The van der Waals surface area contributed by atoms with Crippen molar-refractivity contribution in [3.63, 3.8) is 0 Å². The third kappa shape index (κ3) is 5.07. The summed E-state index contributed by atoms with van der Waals surface area (Å²) in [6, 6.07) is 13.8. The van der Waals surface area contributed by atoms with E-state index in [0.29, 0.717) is 0 Å². The van der Waals surface area contributed by atoms with Crippen molar-refractivity contribution >= 4 is 21.6 Å². The van der Waals surface area contributed by atoms with Crippen molar-refractivity contribution in [2.75, 3.05) is 5.32 Å². The second-order valence-corrected chi connectivity index (χ2v) is 6.77. The lowest BCUT2D eigenvalue weighted by Gasteiger charge is -2.07. The quantitative estimate of drug-likeness (QED) is 0.340. The average Bonchev–Trinajstić information content (AvgIpc) is 2.60. The number of hydrogen-bond acceptors (Lipinski definition) is 6. The van der Waals surface area contributed by atoms with E-state index >= 15 is 0 Å². The van der Waals surface area contributed by atoms with Crippen LogP contribution in [0.1, 0.15) is 5.56 Å². The van der Waals surface area contributed by atoms with Crippen LogP contribution in [0.3, 0.4) is 0 Å². The number of nitrogens with zero attached hydrogens (tertiary/aromatic N) is 1. The van der Waals surface area contributed by atoms with E-state index in [1.807, 2.05) is 0 Å². The molecule has 0 aliphatic rings. The molecule has 0 aliphatic carbocycles. The smallest absolute Gasteiger partial charge is 0.267 e. The molecule has 8 nitrogen and oxygen atoms in total. The molecule has 0 spiro atoms. The van der Waals surface area contributed by atoms with Crippen LogP contribution in [0.5, 0.6) is 5.75 Å². The Morgan fingerprint density at radius 3 is 2.42 bits per heavy atom. The van der Waals surface area contributed by atoms with Gasteiger partial charge in [0.25, 0.3) is 5.91 Å². The number of para-hydroxylation sites is 2. The van der Waals surface area contributed by atoms with Gasteiger partial charge in [-0.25, -0.2) is 13.6 Å². The van der Waals surface area contributed by atoms with Crippen molar-refractivity contribution in [2.24, 2.45) is 5.14 Å². The maximum absolute atomic E-state index is 12.1. The van der Waals surface area contributed by atoms with Gasteiger partial charge in [0.15, 0.2) is 0 Å². The van der Waals surface area contributed by atoms with Gasteiger partial charge in [-0.15, -0.1) is 0 Å². The number of nitrogens with one attached hydrogen (secondary N) is 2. The van der Waals surface area contributed by atoms with E-state index in [0.717, 1.165) is 5.56 Å². The molecule has 26 heavy (non-hydrogen) atoms. The van der Waals surface area contributed by atoms with Gasteiger partial charge in [-0.1, -0.05) is 24.3 Å². The van der Waals surface area contributed by atoms with E-state index < -0.39 is 15.9 Å². The molecule has 0 saturated carbocycles. The van der Waals surface area contributed by atoms with Gasteiger partial charge in [-0.05, 0) is 29.8 Å². The third-order valence-corrected chi connectivity index (χ3v) is 4.25. The lowest BCUT2D eigenvalue weighted by atomic mass is 10.2. The molecule has 0 heterocycles. The van der Waals surface area contributed by atoms with Crippen LogP contribution in [-0.2, 0) is 21.4 Å². The number of carbonyl (C=O) groups excluding carboxylic acids is 1. The summed E-state index contributed by atoms with van der Waals surface area (Å²) in [5.41, 5.74) is 0.735. The molecule has 2 rings (SSSR count). The number of hydrogen-bond donors (Lipinski definition) is 4. The highest BCUT2D eigenvalue weighted by molar-refractivity contribution is 7.89. The van der Waals surface area contributed by atoms with Gasteiger partial charge in [-0.3, -0.25) is 4.79 Å². The van der Waals surface area contributed by atoms with E-state index in [4.69, 9.17) is 10.4 Å². The van der Waals surface area contributed by atoms with Crippen LogP contribution in [0.15, 0.2) is 65.2 Å². The molecule has 0 aromatic heterocycles. The van der Waals surface area contributed by atoms with E-state index in [9.17, 15) is 18.3 Å². The Balaban J connectivity index is 2.00. The molecule has 0 aliphatic heterocycles. The molecule has 0 radical (unpaired) electrons. The summed E-state index contributed by atoms with van der Waals surface area (Å²) in [5, 5.41) is 29.0. The zero-order valence-corrected chi connectivity index (χ0v) is 14.3. The van der Waals surface area contributed by atoms with E-state index in [-0.39, 0.29) is 28.5 Å². The Kier molecular flexibility index (Phi) is 5.95. The number of phenolic OH excluding ortho intramolecular Hbond substituents is 1. The number of anilines is 1. The van der Waals surface area contributed by atoms with Crippen molar-refractivity contribution in [1.29, 1.82) is 5.26 Å². The highest BCUT2D eigenvalue weighted by atomic mass is 32.2. The summed E-state index contributed by atoms with van der Waals surface area (Å²) in [6.07, 6.45) is 1.24. The number of amides is 1. The maximum Gasteiger partial charge on any atom is 0.267 e. The third-order valence-electron chi connectivity index (χ3n) is 3.32. The molecule has 9 heteroatoms. The number of primary sulfonamides is 1. The van der Waals surface area contributed by atoms with Crippen molar-refractivity contribution < 1.29 is 18.3 Å². The number of aromatic hydroxyl groups is 1. The zero-order valence-electron chi connectivity index (χ0n) is 13.5. The van der Waals surface area contributed by atoms with Crippen molar-refractivity contribution in [3.8, 4) is 11.8 Å². The fraction of sp³-hybridized carbons (Fsp3) is 0.0588. The molecule has 0 saturated heterocycles. The monoisotopic (exact) mass is 372 g/mol. The fourth-order valence-corrected chi connectivity index (χ4v) is 2.50. The lowest BCUT2D eigenvalue weighted by molar-refractivity contribution is -0.112. The van der Waals surface area contributed by atoms with Gasteiger partial charge in [0.1, 0.15) is 17.4 Å². The van der Waals surface area contributed by atoms with Gasteiger partial charge in [0.05, 0.1) is 10.6 Å². The fourth-order valence-electron chi connectivity index (χ4n) is 1.99. The summed E-state index contributed by atoms with van der Waals surface area (Å²) < 4.78 is 22.4. The summed E-state index contributed by atoms with van der Waals surface area (Å²) in [5.74, 6) is -0.785. The second kappa shape index (κ2) is 8.15. The summed E-state index contributed by atoms with van der Waals surface area (Å²) >= 11 is 0. The normalized spacial score (nSPS) is 11.5. The van der Waals surface area contributed by atoms with Gasteiger partial charge < -0.3 is 15.7 Å². The predicted molar refractivity (Wildman–Crippen MR) is 95.1 cm³/mol. The zero-order chi connectivity index (χ0) is 19.2. The van der Waals surface area contributed by atoms with E-state index in [2.05, 4.69) is 10.6 Å². The van der Waals surface area contributed by atoms with Crippen LogP contribution in [-0.4, -0.2) is 19.4 Å². The molecule has 2 aromatic carbocycles. The van der Waals surface area contributed by atoms with Gasteiger partial charge in [0.2, 0.25) is 10.0 Å². The van der Waals surface area contributed by atoms with Gasteiger partial charge in [-0.2, -0.15) is 5.26 Å². The molecular formula is C17H16N4O4S. The van der Waals surface area contributed by atoms with Crippen molar-refractivity contribution in [3.05, 3.63) is 65.9 Å². The Labute approximate surface area is 150 Å². The van der Waals surface area contributed by atoms with E-state index in [1.165, 1.54) is 30.5 Å². The minimum atomic E-state index is -3.75. The first-order chi connectivity index (χ1) is 12.3. The van der Waals surface area contributed by atoms with Crippen molar-refractivity contribution in [1.82, 2.24) is 5.32 Å². The summed E-state index contributed by atoms with van der Waals surface area (Å²) in [6.45, 7) is 0.264. The Morgan fingerprint density at radius 1 is 1.19 bits per heavy atom. The van der Waals surface area contributed by atoms with Crippen LogP contribution in [0.25, 0.3) is 0 Å². The first-order valence-corrected chi connectivity index (χ1v) is 8.90.